The summed E-state index contributed by atoms with van der Waals surface area (Å²) in [4.78, 5) is 11.3. The molecule has 0 aliphatic heterocycles. The van der Waals surface area contributed by atoms with Crippen molar-refractivity contribution in [1.29, 1.82) is 0 Å². The summed E-state index contributed by atoms with van der Waals surface area (Å²) in [6, 6.07) is 7.47. The van der Waals surface area contributed by atoms with Crippen molar-refractivity contribution in [2.45, 2.75) is 12.8 Å². The summed E-state index contributed by atoms with van der Waals surface area (Å²) in [5.74, 6) is 1.81. The molecule has 0 bridgehead atoms. The topological polar surface area (TPSA) is 47.6 Å². The first-order chi connectivity index (χ1) is 8.31. The molecule has 1 amide bonds. The van der Waals surface area contributed by atoms with Gasteiger partial charge in [0.25, 0.3) is 0 Å². The number of carbonyl (C=O) groups is 1. The lowest BCUT2D eigenvalue weighted by atomic mass is 10.3. The van der Waals surface area contributed by atoms with Gasteiger partial charge >= 0.3 is 0 Å². The molecule has 1 aromatic carbocycles. The molecule has 2 rings (SSSR count). The third kappa shape index (κ3) is 3.37. The largest absolute Gasteiger partial charge is 0.493 e. The maximum absolute atomic E-state index is 11.3. The van der Waals surface area contributed by atoms with Crippen molar-refractivity contribution in [3.05, 3.63) is 24.3 Å². The number of amides is 1. The van der Waals surface area contributed by atoms with Crippen molar-refractivity contribution >= 4 is 5.91 Å². The van der Waals surface area contributed by atoms with E-state index in [9.17, 15) is 4.79 Å². The first kappa shape index (κ1) is 11.8. The van der Waals surface area contributed by atoms with Gasteiger partial charge in [-0.2, -0.15) is 0 Å². The predicted octanol–water partition coefficient (Wildman–Crippen LogP) is 1.60. The summed E-state index contributed by atoms with van der Waals surface area (Å²) >= 11 is 0. The Hall–Kier alpha value is -1.71. The maximum Gasteiger partial charge on any atom is 0.223 e. The van der Waals surface area contributed by atoms with E-state index in [4.69, 9.17) is 9.47 Å². The molecular weight excluding hydrogens is 218 g/mol. The molecule has 1 aliphatic carbocycles. The van der Waals surface area contributed by atoms with Crippen molar-refractivity contribution in [2.75, 3.05) is 20.3 Å². The van der Waals surface area contributed by atoms with Crippen LogP contribution in [0.15, 0.2) is 24.3 Å². The molecule has 0 aromatic heterocycles. The second-order valence-corrected chi connectivity index (χ2v) is 4.06. The summed E-state index contributed by atoms with van der Waals surface area (Å²) in [5, 5.41) is 2.85. The molecule has 1 saturated carbocycles. The molecular formula is C13H17NO3. The summed E-state index contributed by atoms with van der Waals surface area (Å²) in [6.45, 7) is 0.992. The number of para-hydroxylation sites is 2. The fourth-order valence-corrected chi connectivity index (χ4v) is 1.56. The van der Waals surface area contributed by atoms with Gasteiger partial charge in [0.15, 0.2) is 11.5 Å². The van der Waals surface area contributed by atoms with Crippen LogP contribution in [0.4, 0.5) is 0 Å². The maximum atomic E-state index is 11.3. The molecule has 0 unspecified atom stereocenters. The molecule has 0 saturated heterocycles. The van der Waals surface area contributed by atoms with Crippen molar-refractivity contribution < 1.29 is 14.3 Å². The average molecular weight is 235 g/mol. The fraction of sp³-hybridized carbons (Fsp3) is 0.462. The van der Waals surface area contributed by atoms with E-state index in [2.05, 4.69) is 5.32 Å². The molecule has 17 heavy (non-hydrogen) atoms. The first-order valence-electron chi connectivity index (χ1n) is 5.85. The predicted molar refractivity (Wildman–Crippen MR) is 64.2 cm³/mol. The van der Waals surface area contributed by atoms with E-state index in [1.807, 2.05) is 24.3 Å². The molecule has 0 radical (unpaired) electrons. The van der Waals surface area contributed by atoms with Crippen LogP contribution in [-0.2, 0) is 4.79 Å². The highest BCUT2D eigenvalue weighted by atomic mass is 16.5. The highest BCUT2D eigenvalue weighted by Crippen LogP contribution is 2.28. The minimum absolute atomic E-state index is 0.147. The van der Waals surface area contributed by atoms with Crippen molar-refractivity contribution in [3.63, 3.8) is 0 Å². The highest BCUT2D eigenvalue weighted by molar-refractivity contribution is 5.80. The molecule has 4 heteroatoms. The van der Waals surface area contributed by atoms with Gasteiger partial charge in [0.05, 0.1) is 13.7 Å². The second kappa shape index (κ2) is 5.57. The number of nitrogens with one attached hydrogen (secondary N) is 1. The van der Waals surface area contributed by atoms with Crippen LogP contribution in [0, 0.1) is 5.92 Å². The van der Waals surface area contributed by atoms with Crippen LogP contribution < -0.4 is 14.8 Å². The van der Waals surface area contributed by atoms with Gasteiger partial charge in [-0.05, 0) is 25.0 Å². The van der Waals surface area contributed by atoms with Crippen LogP contribution in [-0.4, -0.2) is 26.2 Å². The van der Waals surface area contributed by atoms with Crippen LogP contribution in [0.25, 0.3) is 0 Å². The van der Waals surface area contributed by atoms with E-state index >= 15 is 0 Å². The molecule has 0 heterocycles. The van der Waals surface area contributed by atoms with Gasteiger partial charge in [-0.15, -0.1) is 0 Å². The number of methoxy groups -OCH3 is 1. The smallest absolute Gasteiger partial charge is 0.223 e. The normalized spacial score (nSPS) is 14.2. The van der Waals surface area contributed by atoms with E-state index < -0.39 is 0 Å². The van der Waals surface area contributed by atoms with Crippen LogP contribution >= 0.6 is 0 Å². The minimum atomic E-state index is 0.147. The van der Waals surface area contributed by atoms with E-state index in [1.54, 1.807) is 7.11 Å². The molecule has 0 spiro atoms. The summed E-state index contributed by atoms with van der Waals surface area (Å²) in [7, 11) is 1.61. The van der Waals surface area contributed by atoms with Crippen LogP contribution in [0.1, 0.15) is 12.8 Å². The van der Waals surface area contributed by atoms with E-state index in [0.29, 0.717) is 24.7 Å². The Morgan fingerprint density at radius 3 is 2.71 bits per heavy atom. The molecule has 92 valence electrons. The molecule has 1 aromatic rings. The Labute approximate surface area is 101 Å². The van der Waals surface area contributed by atoms with Crippen molar-refractivity contribution in [2.24, 2.45) is 5.92 Å². The Morgan fingerprint density at radius 2 is 2.06 bits per heavy atom. The Bertz CT molecular complexity index is 388. The number of carbonyl (C=O) groups excluding carboxylic acids is 1. The zero-order valence-electron chi connectivity index (χ0n) is 9.94. The monoisotopic (exact) mass is 235 g/mol. The van der Waals surface area contributed by atoms with Gasteiger partial charge in [-0.25, -0.2) is 0 Å². The Balaban J connectivity index is 1.71. The molecule has 1 fully saturated rings. The van der Waals surface area contributed by atoms with Crippen LogP contribution in [0.3, 0.4) is 0 Å². The number of hydrogen-bond donors (Lipinski definition) is 1. The number of benzene rings is 1. The Kier molecular flexibility index (Phi) is 3.85. The van der Waals surface area contributed by atoms with Gasteiger partial charge in [-0.1, -0.05) is 12.1 Å². The quantitative estimate of drug-likeness (QED) is 0.762. The van der Waals surface area contributed by atoms with Crippen molar-refractivity contribution in [3.8, 4) is 11.5 Å². The lowest BCUT2D eigenvalue weighted by molar-refractivity contribution is -0.122. The summed E-state index contributed by atoms with van der Waals surface area (Å²) in [6.07, 6.45) is 2.05. The van der Waals surface area contributed by atoms with E-state index in [1.165, 1.54) is 0 Å². The van der Waals surface area contributed by atoms with Gasteiger partial charge in [0.2, 0.25) is 5.91 Å². The van der Waals surface area contributed by atoms with Crippen LogP contribution in [0.5, 0.6) is 11.5 Å². The van der Waals surface area contributed by atoms with Crippen LogP contribution in [0.2, 0.25) is 0 Å². The minimum Gasteiger partial charge on any atom is -0.493 e. The molecule has 0 atom stereocenters. The summed E-state index contributed by atoms with van der Waals surface area (Å²) in [5.41, 5.74) is 0. The zero-order chi connectivity index (χ0) is 12.1. The van der Waals surface area contributed by atoms with E-state index in [-0.39, 0.29) is 11.8 Å². The lowest BCUT2D eigenvalue weighted by Gasteiger charge is -2.10. The SMILES string of the molecule is COc1ccccc1OCCNC(=O)C1CC1. The first-order valence-corrected chi connectivity index (χ1v) is 5.85. The van der Waals surface area contributed by atoms with Gasteiger partial charge in [0.1, 0.15) is 6.61 Å². The zero-order valence-corrected chi connectivity index (χ0v) is 9.94. The number of hydrogen-bond acceptors (Lipinski definition) is 3. The summed E-state index contributed by atoms with van der Waals surface area (Å²) < 4.78 is 10.7. The third-order valence-electron chi connectivity index (χ3n) is 2.68. The van der Waals surface area contributed by atoms with Crippen molar-refractivity contribution in [1.82, 2.24) is 5.32 Å². The molecule has 1 aliphatic rings. The molecule has 4 nitrogen and oxygen atoms in total. The van der Waals surface area contributed by atoms with Gasteiger partial charge in [0, 0.05) is 5.92 Å². The molecule has 1 N–H and O–H groups in total. The standard InChI is InChI=1S/C13H17NO3/c1-16-11-4-2-3-5-12(11)17-9-8-14-13(15)10-6-7-10/h2-5,10H,6-9H2,1H3,(H,14,15). The third-order valence-corrected chi connectivity index (χ3v) is 2.68. The average Bonchev–Trinajstić information content (AvgIpc) is 3.19. The van der Waals surface area contributed by atoms with Gasteiger partial charge in [-0.3, -0.25) is 4.79 Å². The second-order valence-electron chi connectivity index (χ2n) is 4.06. The fourth-order valence-electron chi connectivity index (χ4n) is 1.56. The lowest BCUT2D eigenvalue weighted by Crippen LogP contribution is -2.29. The number of rotatable bonds is 6. The van der Waals surface area contributed by atoms with E-state index in [0.717, 1.165) is 12.8 Å². The Morgan fingerprint density at radius 1 is 1.35 bits per heavy atom. The highest BCUT2D eigenvalue weighted by Gasteiger charge is 2.28. The van der Waals surface area contributed by atoms with Gasteiger partial charge < -0.3 is 14.8 Å². The number of ether oxygens (including phenoxy) is 2.